The molecule has 1 aromatic heterocycles. The van der Waals surface area contributed by atoms with E-state index in [2.05, 4.69) is 9.72 Å². The lowest BCUT2D eigenvalue weighted by atomic mass is 10.1. The molecule has 0 atom stereocenters. The van der Waals surface area contributed by atoms with Crippen molar-refractivity contribution in [2.45, 2.75) is 17.7 Å². The van der Waals surface area contributed by atoms with Gasteiger partial charge in [-0.25, -0.2) is 17.7 Å². The number of fused-ring (bicyclic) bond motifs is 1. The van der Waals surface area contributed by atoms with Crippen molar-refractivity contribution in [3.8, 4) is 22.8 Å². The first kappa shape index (κ1) is 24.1. The first-order valence-corrected chi connectivity index (χ1v) is 12.5. The molecule has 2 aliphatic rings. The Bertz CT molecular complexity index is 1380. The molecule has 0 amide bonds. The van der Waals surface area contributed by atoms with Crippen LogP contribution in [0, 0.1) is 0 Å². The summed E-state index contributed by atoms with van der Waals surface area (Å²) in [6.45, 7) is 2.05. The van der Waals surface area contributed by atoms with Crippen LogP contribution in [0.2, 0.25) is 0 Å². The highest BCUT2D eigenvalue weighted by atomic mass is 32.2. The van der Waals surface area contributed by atoms with Gasteiger partial charge in [0, 0.05) is 30.8 Å². The van der Waals surface area contributed by atoms with Crippen LogP contribution in [0.3, 0.4) is 0 Å². The van der Waals surface area contributed by atoms with Crippen LogP contribution >= 0.6 is 0 Å². The van der Waals surface area contributed by atoms with Gasteiger partial charge < -0.3 is 19.5 Å². The number of halogens is 3. The number of aromatic hydroxyl groups is 1. The predicted molar refractivity (Wildman–Crippen MR) is 124 cm³/mol. The third-order valence-corrected chi connectivity index (χ3v) is 7.64. The summed E-state index contributed by atoms with van der Waals surface area (Å²) in [5.74, 6) is 0.0367. The molecular weight excluding hydrogens is 501 g/mol. The minimum absolute atomic E-state index is 0.0384. The number of ether oxygens (including phenoxy) is 2. The number of rotatable bonds is 5. The van der Waals surface area contributed by atoms with Gasteiger partial charge in [0.15, 0.2) is 5.82 Å². The van der Waals surface area contributed by atoms with Crippen LogP contribution in [0.25, 0.3) is 11.3 Å². The Balaban J connectivity index is 1.57. The van der Waals surface area contributed by atoms with Crippen molar-refractivity contribution in [2.75, 3.05) is 42.1 Å². The number of benzene rings is 2. The fourth-order valence-electron chi connectivity index (χ4n) is 4.19. The minimum atomic E-state index is -4.89. The molecule has 5 rings (SSSR count). The fourth-order valence-corrected chi connectivity index (χ4v) is 5.63. The molecule has 3 heterocycles. The molecule has 0 bridgehead atoms. The second kappa shape index (κ2) is 9.13. The Hall–Kier alpha value is -3.58. The lowest BCUT2D eigenvalue weighted by molar-refractivity contribution is -0.274. The van der Waals surface area contributed by atoms with E-state index in [1.54, 1.807) is 18.2 Å². The van der Waals surface area contributed by atoms with Gasteiger partial charge in [-0.1, -0.05) is 12.1 Å². The molecule has 9 nitrogen and oxygen atoms in total. The monoisotopic (exact) mass is 522 g/mol. The van der Waals surface area contributed by atoms with E-state index in [0.29, 0.717) is 55.5 Å². The second-order valence-corrected chi connectivity index (χ2v) is 10.0. The van der Waals surface area contributed by atoms with Crippen LogP contribution < -0.4 is 13.9 Å². The van der Waals surface area contributed by atoms with Crippen molar-refractivity contribution in [3.63, 3.8) is 0 Å². The summed E-state index contributed by atoms with van der Waals surface area (Å²) in [6, 6.07) is 10.5. The van der Waals surface area contributed by atoms with Gasteiger partial charge in [-0.2, -0.15) is 4.98 Å². The Kier molecular flexibility index (Phi) is 6.12. The van der Waals surface area contributed by atoms with Crippen LogP contribution in [0.1, 0.15) is 5.56 Å². The van der Waals surface area contributed by atoms with E-state index in [4.69, 9.17) is 9.72 Å². The van der Waals surface area contributed by atoms with E-state index >= 15 is 0 Å². The van der Waals surface area contributed by atoms with Gasteiger partial charge in [0.1, 0.15) is 11.5 Å². The van der Waals surface area contributed by atoms with Gasteiger partial charge in [0.25, 0.3) is 10.0 Å². The third kappa shape index (κ3) is 4.75. The summed E-state index contributed by atoms with van der Waals surface area (Å²) in [4.78, 5) is 11.0. The highest BCUT2D eigenvalue weighted by Crippen LogP contribution is 2.39. The number of anilines is 2. The Morgan fingerprint density at radius 2 is 1.72 bits per heavy atom. The van der Waals surface area contributed by atoms with Gasteiger partial charge in [-0.3, -0.25) is 0 Å². The number of alkyl halides is 3. The largest absolute Gasteiger partial charge is 0.573 e. The van der Waals surface area contributed by atoms with Gasteiger partial charge >= 0.3 is 6.36 Å². The maximum absolute atomic E-state index is 13.5. The molecule has 0 unspecified atom stereocenters. The SMILES string of the molecule is O=S(=O)(c1ccc(OC(F)(F)F)cc1)N1CCc2c(-c3cccc(O)c3)nc(N3CCOCC3)nc21. The normalized spacial score (nSPS) is 16.2. The van der Waals surface area contributed by atoms with E-state index in [-0.39, 0.29) is 23.0 Å². The number of phenols is 1. The molecule has 13 heteroatoms. The van der Waals surface area contributed by atoms with Crippen LogP contribution in [0.5, 0.6) is 11.5 Å². The lowest BCUT2D eigenvalue weighted by Gasteiger charge is -2.28. The number of aromatic nitrogens is 2. The van der Waals surface area contributed by atoms with Crippen LogP contribution in [-0.4, -0.2) is 62.7 Å². The van der Waals surface area contributed by atoms with E-state index in [1.165, 1.54) is 6.07 Å². The predicted octanol–water partition coefficient (Wildman–Crippen LogP) is 3.34. The zero-order valence-corrected chi connectivity index (χ0v) is 19.6. The van der Waals surface area contributed by atoms with Gasteiger partial charge in [0.05, 0.1) is 23.8 Å². The first-order chi connectivity index (χ1) is 17.1. The highest BCUT2D eigenvalue weighted by molar-refractivity contribution is 7.92. The summed E-state index contributed by atoms with van der Waals surface area (Å²) in [5, 5.41) is 10.0. The summed E-state index contributed by atoms with van der Waals surface area (Å²) in [7, 11) is -4.15. The summed E-state index contributed by atoms with van der Waals surface area (Å²) < 4.78 is 74.9. The average Bonchev–Trinajstić information content (AvgIpc) is 3.28. The van der Waals surface area contributed by atoms with Crippen molar-refractivity contribution < 1.29 is 36.2 Å². The molecule has 190 valence electrons. The number of hydrogen-bond acceptors (Lipinski definition) is 8. The molecule has 1 N–H and O–H groups in total. The van der Waals surface area contributed by atoms with E-state index in [1.807, 2.05) is 4.90 Å². The Morgan fingerprint density at radius 3 is 2.39 bits per heavy atom. The zero-order chi connectivity index (χ0) is 25.5. The molecule has 36 heavy (non-hydrogen) atoms. The average molecular weight is 523 g/mol. The molecule has 1 saturated heterocycles. The second-order valence-electron chi connectivity index (χ2n) is 8.17. The maximum atomic E-state index is 13.5. The van der Waals surface area contributed by atoms with Crippen LogP contribution in [0.4, 0.5) is 24.9 Å². The third-order valence-electron chi connectivity index (χ3n) is 5.83. The molecule has 3 aromatic rings. The van der Waals surface area contributed by atoms with E-state index in [0.717, 1.165) is 28.6 Å². The topological polar surface area (TPSA) is 105 Å². The number of hydrogen-bond donors (Lipinski definition) is 1. The van der Waals surface area contributed by atoms with E-state index < -0.39 is 22.1 Å². The molecular formula is C23H21F3N4O5S. The number of nitrogens with zero attached hydrogens (tertiary/aromatic N) is 4. The molecule has 0 aliphatic carbocycles. The Morgan fingerprint density at radius 1 is 1.00 bits per heavy atom. The lowest BCUT2D eigenvalue weighted by Crippen LogP contribution is -2.38. The summed E-state index contributed by atoms with van der Waals surface area (Å²) in [6.07, 6.45) is -4.57. The molecule has 2 aromatic carbocycles. The van der Waals surface area contributed by atoms with Crippen molar-refractivity contribution in [2.24, 2.45) is 0 Å². The maximum Gasteiger partial charge on any atom is 0.573 e. The summed E-state index contributed by atoms with van der Waals surface area (Å²) in [5.41, 5.74) is 1.71. The number of sulfonamides is 1. The summed E-state index contributed by atoms with van der Waals surface area (Å²) >= 11 is 0. The van der Waals surface area contributed by atoms with Gasteiger partial charge in [-0.15, -0.1) is 13.2 Å². The smallest absolute Gasteiger partial charge is 0.508 e. The van der Waals surface area contributed by atoms with Gasteiger partial charge in [-0.05, 0) is 42.8 Å². The first-order valence-electron chi connectivity index (χ1n) is 11.0. The van der Waals surface area contributed by atoms with Crippen LogP contribution in [-0.2, 0) is 21.2 Å². The van der Waals surface area contributed by atoms with Crippen molar-refractivity contribution in [1.82, 2.24) is 9.97 Å². The minimum Gasteiger partial charge on any atom is -0.508 e. The van der Waals surface area contributed by atoms with Crippen LogP contribution in [0.15, 0.2) is 53.4 Å². The standard InChI is InChI=1S/C23H21F3N4O5S/c24-23(25,26)35-17-4-6-18(7-5-17)36(32,33)30-9-8-19-20(15-2-1-3-16(31)14-15)27-22(28-21(19)30)29-10-12-34-13-11-29/h1-7,14,31H,8-13H2. The molecule has 1 fully saturated rings. The highest BCUT2D eigenvalue weighted by Gasteiger charge is 2.36. The molecule has 0 saturated carbocycles. The Labute approximate surface area is 204 Å². The van der Waals surface area contributed by atoms with Crippen molar-refractivity contribution in [3.05, 3.63) is 54.1 Å². The quantitative estimate of drug-likeness (QED) is 0.544. The fraction of sp³-hybridized carbons (Fsp3) is 0.304. The molecule has 0 spiro atoms. The number of phenolic OH excluding ortho intramolecular Hbond substituents is 1. The number of morpholine rings is 1. The zero-order valence-electron chi connectivity index (χ0n) is 18.8. The van der Waals surface area contributed by atoms with Gasteiger partial charge in [0.2, 0.25) is 5.95 Å². The van der Waals surface area contributed by atoms with Crippen molar-refractivity contribution >= 4 is 21.8 Å². The van der Waals surface area contributed by atoms with Crippen molar-refractivity contribution in [1.29, 1.82) is 0 Å². The molecule has 0 radical (unpaired) electrons. The van der Waals surface area contributed by atoms with E-state index in [9.17, 15) is 26.7 Å². The molecule has 2 aliphatic heterocycles.